The minimum atomic E-state index is -3.73. The second kappa shape index (κ2) is 6.73. The molecule has 0 aliphatic heterocycles. The molecule has 4 heteroatoms. The Morgan fingerprint density at radius 2 is 1.29 bits per heavy atom. The third-order valence-electron chi connectivity index (χ3n) is 4.50. The molecule has 2 nitrogen and oxygen atoms in total. The molecule has 0 radical (unpaired) electrons. The first-order chi connectivity index (χ1) is 11.5. The highest BCUT2D eigenvalue weighted by atomic mass is 35.7. The van der Waals surface area contributed by atoms with Gasteiger partial charge in [-0.3, -0.25) is 0 Å². The van der Waals surface area contributed by atoms with Gasteiger partial charge in [-0.1, -0.05) is 57.0 Å². The minimum Gasteiger partial charge on any atom is -0.207 e. The minimum absolute atomic E-state index is 0.173. The van der Waals surface area contributed by atoms with E-state index in [2.05, 4.69) is 32.0 Å². The molecule has 3 aromatic carbocycles. The molecule has 0 aromatic heterocycles. The maximum absolute atomic E-state index is 11.8. The third-order valence-corrected chi connectivity index (χ3v) is 5.85. The summed E-state index contributed by atoms with van der Waals surface area (Å²) in [6.07, 6.45) is 3.93. The van der Waals surface area contributed by atoms with Crippen LogP contribution in [-0.2, 0) is 21.9 Å². The van der Waals surface area contributed by atoms with Gasteiger partial charge in [0.2, 0.25) is 0 Å². The van der Waals surface area contributed by atoms with Gasteiger partial charge >= 0.3 is 0 Å². The van der Waals surface area contributed by atoms with Gasteiger partial charge in [0.1, 0.15) is 0 Å². The number of benzene rings is 3. The number of hydrogen-bond acceptors (Lipinski definition) is 2. The van der Waals surface area contributed by atoms with Crippen LogP contribution in [-0.4, -0.2) is 8.42 Å². The molecule has 0 saturated heterocycles. The van der Waals surface area contributed by atoms with Crippen molar-refractivity contribution >= 4 is 41.3 Å². The van der Waals surface area contributed by atoms with E-state index in [9.17, 15) is 8.42 Å². The zero-order valence-corrected chi connectivity index (χ0v) is 15.5. The van der Waals surface area contributed by atoms with E-state index in [0.29, 0.717) is 0 Å². The van der Waals surface area contributed by atoms with E-state index in [-0.39, 0.29) is 4.90 Å². The van der Waals surface area contributed by atoms with Crippen LogP contribution in [0.2, 0.25) is 0 Å². The van der Waals surface area contributed by atoms with Crippen LogP contribution in [0.1, 0.15) is 37.8 Å². The topological polar surface area (TPSA) is 34.1 Å². The van der Waals surface area contributed by atoms with Crippen molar-refractivity contribution in [3.05, 3.63) is 53.6 Å². The first-order valence-electron chi connectivity index (χ1n) is 8.38. The molecule has 0 N–H and O–H groups in total. The lowest BCUT2D eigenvalue weighted by atomic mass is 9.88. The maximum atomic E-state index is 11.8. The summed E-state index contributed by atoms with van der Waals surface area (Å²) in [5, 5.41) is 4.65. The first-order valence-corrected chi connectivity index (χ1v) is 10.7. The highest BCUT2D eigenvalue weighted by Crippen LogP contribution is 2.36. The van der Waals surface area contributed by atoms with Crippen LogP contribution >= 0.6 is 10.7 Å². The molecule has 0 saturated carbocycles. The van der Waals surface area contributed by atoms with Gasteiger partial charge in [-0.05, 0) is 57.6 Å². The molecular formula is C20H21ClO2S. The quantitative estimate of drug-likeness (QED) is 0.424. The van der Waals surface area contributed by atoms with Crippen LogP contribution in [0.5, 0.6) is 0 Å². The highest BCUT2D eigenvalue weighted by Gasteiger charge is 2.16. The van der Waals surface area contributed by atoms with E-state index in [4.69, 9.17) is 10.7 Å². The molecule has 0 amide bonds. The number of aryl methyl sites for hydroxylation is 2. The van der Waals surface area contributed by atoms with E-state index in [1.54, 1.807) is 12.1 Å². The molecule has 24 heavy (non-hydrogen) atoms. The molecule has 0 heterocycles. The van der Waals surface area contributed by atoms with E-state index < -0.39 is 9.05 Å². The lowest BCUT2D eigenvalue weighted by molar-refractivity contribution is 0.609. The zero-order valence-electron chi connectivity index (χ0n) is 14.0. The Bertz CT molecular complexity index is 1010. The molecule has 0 fully saturated rings. The predicted molar refractivity (Wildman–Crippen MR) is 102 cm³/mol. The molecule has 3 rings (SSSR count). The van der Waals surface area contributed by atoms with Crippen molar-refractivity contribution in [2.24, 2.45) is 0 Å². The standard InChI is InChI=1S/C20H21ClO2S/c1-3-7-15-17-9-5-6-10-18(17)16(8-4-2)20-13-14(24(21,22)23)11-12-19(15)20/h5-6,9-13H,3-4,7-8H2,1-2H3. The van der Waals surface area contributed by atoms with Crippen LogP contribution < -0.4 is 0 Å². The SMILES string of the molecule is CCCc1c2ccccc2c(CCC)c2cc(S(=O)(=O)Cl)ccc12. The smallest absolute Gasteiger partial charge is 0.207 e. The van der Waals surface area contributed by atoms with Gasteiger partial charge in [-0.15, -0.1) is 0 Å². The van der Waals surface area contributed by atoms with Crippen LogP contribution in [0.25, 0.3) is 21.5 Å². The van der Waals surface area contributed by atoms with Crippen molar-refractivity contribution in [2.45, 2.75) is 44.4 Å². The van der Waals surface area contributed by atoms with Gasteiger partial charge in [0.25, 0.3) is 9.05 Å². The second-order valence-corrected chi connectivity index (χ2v) is 8.71. The Balaban J connectivity index is 2.50. The Morgan fingerprint density at radius 1 is 0.792 bits per heavy atom. The molecule has 0 aliphatic carbocycles. The Labute approximate surface area is 147 Å². The number of fused-ring (bicyclic) bond motifs is 2. The second-order valence-electron chi connectivity index (χ2n) is 6.15. The van der Waals surface area contributed by atoms with E-state index >= 15 is 0 Å². The van der Waals surface area contributed by atoms with E-state index in [1.165, 1.54) is 21.9 Å². The van der Waals surface area contributed by atoms with Gasteiger partial charge in [-0.2, -0.15) is 0 Å². The van der Waals surface area contributed by atoms with Crippen LogP contribution in [0.4, 0.5) is 0 Å². The monoisotopic (exact) mass is 360 g/mol. The normalized spacial score (nSPS) is 12.1. The van der Waals surface area contributed by atoms with Crippen molar-refractivity contribution in [1.29, 1.82) is 0 Å². The maximum Gasteiger partial charge on any atom is 0.261 e. The summed E-state index contributed by atoms with van der Waals surface area (Å²) in [6.45, 7) is 4.31. The van der Waals surface area contributed by atoms with Gasteiger partial charge in [0.05, 0.1) is 4.90 Å². The summed E-state index contributed by atoms with van der Waals surface area (Å²) in [5.74, 6) is 0. The molecular weight excluding hydrogens is 340 g/mol. The highest BCUT2D eigenvalue weighted by molar-refractivity contribution is 8.13. The fourth-order valence-electron chi connectivity index (χ4n) is 3.53. The number of hydrogen-bond donors (Lipinski definition) is 0. The van der Waals surface area contributed by atoms with Crippen LogP contribution in [0.3, 0.4) is 0 Å². The Kier molecular flexibility index (Phi) is 4.84. The van der Waals surface area contributed by atoms with E-state index in [0.717, 1.165) is 36.5 Å². The van der Waals surface area contributed by atoms with Gasteiger partial charge in [0, 0.05) is 10.7 Å². The first kappa shape index (κ1) is 17.2. The van der Waals surface area contributed by atoms with Crippen LogP contribution in [0, 0.1) is 0 Å². The summed E-state index contributed by atoms with van der Waals surface area (Å²) in [6, 6.07) is 13.7. The molecule has 0 unspecified atom stereocenters. The molecule has 0 bridgehead atoms. The Hall–Kier alpha value is -1.58. The fraction of sp³-hybridized carbons (Fsp3) is 0.300. The summed E-state index contributed by atoms with van der Waals surface area (Å²) in [7, 11) is 1.85. The Morgan fingerprint density at radius 3 is 1.79 bits per heavy atom. The summed E-state index contributed by atoms with van der Waals surface area (Å²) >= 11 is 0. The summed E-state index contributed by atoms with van der Waals surface area (Å²) in [5.41, 5.74) is 2.51. The molecule has 3 aromatic rings. The molecule has 0 aliphatic rings. The van der Waals surface area contributed by atoms with Crippen molar-refractivity contribution < 1.29 is 8.42 Å². The van der Waals surface area contributed by atoms with Crippen molar-refractivity contribution in [3.63, 3.8) is 0 Å². The predicted octanol–water partition coefficient (Wildman–Crippen LogP) is 5.83. The average molecular weight is 361 g/mol. The lowest BCUT2D eigenvalue weighted by Gasteiger charge is -2.17. The largest absolute Gasteiger partial charge is 0.261 e. The lowest BCUT2D eigenvalue weighted by Crippen LogP contribution is -1.98. The molecule has 126 valence electrons. The average Bonchev–Trinajstić information content (AvgIpc) is 2.56. The summed E-state index contributed by atoms with van der Waals surface area (Å²) in [4.78, 5) is 0.173. The molecule has 0 spiro atoms. The van der Waals surface area contributed by atoms with Crippen molar-refractivity contribution in [2.75, 3.05) is 0 Å². The van der Waals surface area contributed by atoms with Gasteiger partial charge < -0.3 is 0 Å². The third kappa shape index (κ3) is 3.03. The van der Waals surface area contributed by atoms with Crippen LogP contribution in [0.15, 0.2) is 47.4 Å². The van der Waals surface area contributed by atoms with Gasteiger partial charge in [-0.25, -0.2) is 8.42 Å². The fourth-order valence-corrected chi connectivity index (χ4v) is 4.30. The number of halogens is 1. The van der Waals surface area contributed by atoms with E-state index in [1.807, 2.05) is 12.1 Å². The van der Waals surface area contributed by atoms with Crippen molar-refractivity contribution in [1.82, 2.24) is 0 Å². The van der Waals surface area contributed by atoms with Crippen molar-refractivity contribution in [3.8, 4) is 0 Å². The van der Waals surface area contributed by atoms with Gasteiger partial charge in [0.15, 0.2) is 0 Å². The summed E-state index contributed by atoms with van der Waals surface area (Å²) < 4.78 is 23.6. The zero-order chi connectivity index (χ0) is 17.3. The number of rotatable bonds is 5. The molecule has 0 atom stereocenters.